The Morgan fingerprint density at radius 2 is 2.40 bits per heavy atom. The Morgan fingerprint density at radius 1 is 1.60 bits per heavy atom. The summed E-state index contributed by atoms with van der Waals surface area (Å²) in [5.74, 6) is 0.275. The van der Waals surface area contributed by atoms with E-state index in [1.54, 1.807) is 17.3 Å². The predicted molar refractivity (Wildman–Crippen MR) is 54.4 cm³/mol. The van der Waals surface area contributed by atoms with E-state index >= 15 is 0 Å². The molecule has 15 heavy (non-hydrogen) atoms. The van der Waals surface area contributed by atoms with Crippen molar-refractivity contribution < 1.29 is 9.90 Å². The van der Waals surface area contributed by atoms with E-state index in [0.29, 0.717) is 13.1 Å². The van der Waals surface area contributed by atoms with Gasteiger partial charge in [0.2, 0.25) is 0 Å². The molecule has 2 rings (SSSR count). The number of aliphatic hydroxyl groups excluding tert-OH is 1. The van der Waals surface area contributed by atoms with Gasteiger partial charge in [0, 0.05) is 25.5 Å². The second-order valence-corrected chi connectivity index (χ2v) is 4.03. The highest BCUT2D eigenvalue weighted by molar-refractivity contribution is 5.76. The summed E-state index contributed by atoms with van der Waals surface area (Å²) in [4.78, 5) is 17.3. The first-order chi connectivity index (χ1) is 7.18. The first-order valence-electron chi connectivity index (χ1n) is 5.14. The lowest BCUT2D eigenvalue weighted by Gasteiger charge is -2.34. The summed E-state index contributed by atoms with van der Waals surface area (Å²) in [5, 5.41) is 9.68. The van der Waals surface area contributed by atoms with E-state index in [9.17, 15) is 9.90 Å². The van der Waals surface area contributed by atoms with Crippen LogP contribution < -0.4 is 0 Å². The molecule has 0 spiro atoms. The average Bonchev–Trinajstić information content (AvgIpc) is 2.74. The van der Waals surface area contributed by atoms with Crippen molar-refractivity contribution in [2.75, 3.05) is 13.1 Å². The Kier molecular flexibility index (Phi) is 2.73. The van der Waals surface area contributed by atoms with Crippen LogP contribution in [0, 0.1) is 5.92 Å². The molecule has 1 aromatic heterocycles. The molecule has 0 radical (unpaired) electrons. The fraction of sp³-hybridized carbons (Fsp3) is 0.600. The Balaban J connectivity index is 2.03. The van der Waals surface area contributed by atoms with Gasteiger partial charge in [-0.2, -0.15) is 0 Å². The molecule has 1 aliphatic heterocycles. The molecule has 0 bridgehead atoms. The third kappa shape index (κ3) is 2.02. The van der Waals surface area contributed by atoms with Gasteiger partial charge in [-0.25, -0.2) is 9.78 Å². The van der Waals surface area contributed by atoms with Crippen LogP contribution in [0.15, 0.2) is 18.7 Å². The standard InChI is InChI=1S/C10H15N3O2/c1-8-2-4-12(6-9(8)14)10(15)13-5-3-11-7-13/h3,5,7-9,14H,2,4,6H2,1H3. The highest BCUT2D eigenvalue weighted by Crippen LogP contribution is 2.17. The van der Waals surface area contributed by atoms with E-state index in [-0.39, 0.29) is 11.9 Å². The number of rotatable bonds is 0. The zero-order valence-electron chi connectivity index (χ0n) is 8.71. The number of hydrogen-bond acceptors (Lipinski definition) is 3. The molecule has 0 aliphatic carbocycles. The first-order valence-corrected chi connectivity index (χ1v) is 5.14. The van der Waals surface area contributed by atoms with Crippen molar-refractivity contribution in [3.8, 4) is 0 Å². The fourth-order valence-corrected chi connectivity index (χ4v) is 1.76. The van der Waals surface area contributed by atoms with Crippen molar-refractivity contribution in [2.45, 2.75) is 19.4 Å². The van der Waals surface area contributed by atoms with Gasteiger partial charge < -0.3 is 10.0 Å². The number of carbonyl (C=O) groups excluding carboxylic acids is 1. The highest BCUT2D eigenvalue weighted by atomic mass is 16.3. The Hall–Kier alpha value is -1.36. The smallest absolute Gasteiger partial charge is 0.329 e. The summed E-state index contributed by atoms with van der Waals surface area (Å²) in [6, 6.07) is -0.113. The van der Waals surface area contributed by atoms with Gasteiger partial charge in [0.1, 0.15) is 6.33 Å². The van der Waals surface area contributed by atoms with Crippen LogP contribution in [-0.2, 0) is 0 Å². The van der Waals surface area contributed by atoms with Gasteiger partial charge in [0.25, 0.3) is 0 Å². The Labute approximate surface area is 88.3 Å². The van der Waals surface area contributed by atoms with Gasteiger partial charge in [0.15, 0.2) is 0 Å². The van der Waals surface area contributed by atoms with Gasteiger partial charge in [-0.3, -0.25) is 4.57 Å². The third-order valence-electron chi connectivity index (χ3n) is 2.91. The summed E-state index contributed by atoms with van der Waals surface area (Å²) >= 11 is 0. The van der Waals surface area contributed by atoms with Gasteiger partial charge in [0.05, 0.1) is 6.10 Å². The molecule has 2 heterocycles. The number of amides is 1. The number of piperidine rings is 1. The van der Waals surface area contributed by atoms with Crippen LogP contribution in [0.3, 0.4) is 0 Å². The largest absolute Gasteiger partial charge is 0.391 e. The molecule has 1 amide bonds. The maximum absolute atomic E-state index is 11.9. The molecule has 2 atom stereocenters. The second-order valence-electron chi connectivity index (χ2n) is 4.03. The minimum atomic E-state index is -0.411. The molecule has 82 valence electrons. The third-order valence-corrected chi connectivity index (χ3v) is 2.91. The molecule has 2 unspecified atom stereocenters. The summed E-state index contributed by atoms with van der Waals surface area (Å²) in [6.07, 6.45) is 5.10. The van der Waals surface area contributed by atoms with Crippen LogP contribution in [0.25, 0.3) is 0 Å². The van der Waals surface area contributed by atoms with E-state index in [1.807, 2.05) is 6.92 Å². The molecule has 5 heteroatoms. The molecule has 1 N–H and O–H groups in total. The monoisotopic (exact) mass is 209 g/mol. The normalized spacial score (nSPS) is 26.7. The quantitative estimate of drug-likeness (QED) is 0.679. The maximum Gasteiger partial charge on any atom is 0.329 e. The number of β-amino-alcohol motifs (C(OH)–C–C–N with tert-alkyl or cyclic N) is 1. The van der Waals surface area contributed by atoms with Crippen LogP contribution in [0.4, 0.5) is 4.79 Å². The number of nitrogens with zero attached hydrogens (tertiary/aromatic N) is 3. The molecule has 5 nitrogen and oxygen atoms in total. The van der Waals surface area contributed by atoms with Crippen molar-refractivity contribution in [2.24, 2.45) is 5.92 Å². The topological polar surface area (TPSA) is 58.4 Å². The zero-order valence-corrected chi connectivity index (χ0v) is 8.71. The minimum absolute atomic E-state index is 0.113. The number of carbonyl (C=O) groups is 1. The second kappa shape index (κ2) is 4.02. The summed E-state index contributed by atoms with van der Waals surface area (Å²) < 4.78 is 1.43. The SMILES string of the molecule is CC1CCN(C(=O)n2ccnc2)CC1O. The van der Waals surface area contributed by atoms with E-state index in [1.165, 1.54) is 10.9 Å². The molecule has 1 aromatic rings. The van der Waals surface area contributed by atoms with Crippen molar-refractivity contribution in [3.05, 3.63) is 18.7 Å². The van der Waals surface area contributed by atoms with Gasteiger partial charge in [-0.05, 0) is 12.3 Å². The van der Waals surface area contributed by atoms with Gasteiger partial charge in [-0.1, -0.05) is 6.92 Å². The summed E-state index contributed by atoms with van der Waals surface area (Å²) in [7, 11) is 0. The Morgan fingerprint density at radius 3 is 3.00 bits per heavy atom. The van der Waals surface area contributed by atoms with E-state index in [0.717, 1.165) is 6.42 Å². The lowest BCUT2D eigenvalue weighted by Crippen LogP contribution is -2.47. The number of aliphatic hydroxyl groups is 1. The highest BCUT2D eigenvalue weighted by Gasteiger charge is 2.27. The summed E-state index contributed by atoms with van der Waals surface area (Å²) in [5.41, 5.74) is 0. The number of aromatic nitrogens is 2. The average molecular weight is 209 g/mol. The molecule has 0 saturated carbocycles. The number of likely N-dealkylation sites (tertiary alicyclic amines) is 1. The van der Waals surface area contributed by atoms with Crippen molar-refractivity contribution in [3.63, 3.8) is 0 Å². The van der Waals surface area contributed by atoms with E-state index in [2.05, 4.69) is 4.98 Å². The van der Waals surface area contributed by atoms with Crippen LogP contribution >= 0.6 is 0 Å². The molecular formula is C10H15N3O2. The van der Waals surface area contributed by atoms with Crippen LogP contribution in [0.5, 0.6) is 0 Å². The maximum atomic E-state index is 11.9. The summed E-state index contributed by atoms with van der Waals surface area (Å²) in [6.45, 7) is 3.12. The van der Waals surface area contributed by atoms with Gasteiger partial charge >= 0.3 is 6.03 Å². The lowest BCUT2D eigenvalue weighted by atomic mass is 9.96. The fourth-order valence-electron chi connectivity index (χ4n) is 1.76. The first kappa shape index (κ1) is 10.2. The van der Waals surface area contributed by atoms with Gasteiger partial charge in [-0.15, -0.1) is 0 Å². The number of imidazole rings is 1. The van der Waals surface area contributed by atoms with Crippen molar-refractivity contribution >= 4 is 6.03 Å². The minimum Gasteiger partial charge on any atom is -0.391 e. The van der Waals surface area contributed by atoms with E-state index < -0.39 is 6.10 Å². The molecule has 1 fully saturated rings. The zero-order chi connectivity index (χ0) is 10.8. The molecular weight excluding hydrogens is 194 g/mol. The lowest BCUT2D eigenvalue weighted by molar-refractivity contribution is 0.0438. The predicted octanol–water partition coefficient (Wildman–Crippen LogP) is 0.554. The van der Waals surface area contributed by atoms with Crippen LogP contribution in [0.2, 0.25) is 0 Å². The van der Waals surface area contributed by atoms with Crippen LogP contribution in [-0.4, -0.2) is 44.8 Å². The van der Waals surface area contributed by atoms with Crippen molar-refractivity contribution in [1.82, 2.24) is 14.5 Å². The van der Waals surface area contributed by atoms with Crippen LogP contribution in [0.1, 0.15) is 13.3 Å². The molecule has 1 aliphatic rings. The van der Waals surface area contributed by atoms with Crippen molar-refractivity contribution in [1.29, 1.82) is 0 Å². The molecule has 1 saturated heterocycles. The molecule has 0 aromatic carbocycles. The van der Waals surface area contributed by atoms with E-state index in [4.69, 9.17) is 0 Å². The number of hydrogen-bond donors (Lipinski definition) is 1. The Bertz CT molecular complexity index is 336.